The fourth-order valence-corrected chi connectivity index (χ4v) is 4.19. The highest BCUT2D eigenvalue weighted by molar-refractivity contribution is 5.93. The highest BCUT2D eigenvalue weighted by Gasteiger charge is 2.14. The van der Waals surface area contributed by atoms with Gasteiger partial charge in [0.05, 0.1) is 22.8 Å². The molecule has 0 radical (unpaired) electrons. The maximum Gasteiger partial charge on any atom is 0.0737 e. The van der Waals surface area contributed by atoms with Gasteiger partial charge in [-0.25, -0.2) is 9.97 Å². The molecule has 0 unspecified atom stereocenters. The van der Waals surface area contributed by atoms with Gasteiger partial charge in [-0.3, -0.25) is 0 Å². The van der Waals surface area contributed by atoms with E-state index in [2.05, 4.69) is 93.7 Å². The Hall–Kier alpha value is -4.38. The molecule has 0 spiro atoms. The third-order valence-corrected chi connectivity index (χ3v) is 5.86. The zero-order chi connectivity index (χ0) is 22.4. The van der Waals surface area contributed by atoms with Gasteiger partial charge in [-0.15, -0.1) is 0 Å². The van der Waals surface area contributed by atoms with Crippen LogP contribution in [0.3, 0.4) is 0 Å². The topological polar surface area (TPSA) is 60.6 Å². The number of H-pyrrole nitrogens is 2. The van der Waals surface area contributed by atoms with Crippen LogP contribution in [0.4, 0.5) is 5.69 Å². The molecule has 2 aliphatic rings. The summed E-state index contributed by atoms with van der Waals surface area (Å²) in [6.45, 7) is 0. The second kappa shape index (κ2) is 7.64. The summed E-state index contributed by atoms with van der Waals surface area (Å²) in [6, 6.07) is 25.2. The minimum absolute atomic E-state index is 0.893. The highest BCUT2D eigenvalue weighted by atomic mass is 15.1. The molecule has 4 aromatic rings. The van der Waals surface area contributed by atoms with Gasteiger partial charge in [-0.05, 0) is 84.5 Å². The number of anilines is 1. The summed E-state index contributed by atoms with van der Waals surface area (Å²) in [5.74, 6) is 0. The summed E-state index contributed by atoms with van der Waals surface area (Å²) in [5.41, 5.74) is 11.1. The Morgan fingerprint density at radius 2 is 1.18 bits per heavy atom. The van der Waals surface area contributed by atoms with Crippen molar-refractivity contribution in [1.29, 1.82) is 0 Å². The van der Waals surface area contributed by atoms with E-state index in [1.165, 1.54) is 5.69 Å². The monoisotopic (exact) mass is 429 g/mol. The molecule has 5 nitrogen and oxygen atoms in total. The Labute approximate surface area is 191 Å². The van der Waals surface area contributed by atoms with Crippen molar-refractivity contribution in [3.05, 3.63) is 101 Å². The molecule has 0 amide bonds. The van der Waals surface area contributed by atoms with Crippen LogP contribution in [0.15, 0.2) is 72.8 Å². The molecule has 0 saturated carbocycles. The lowest BCUT2D eigenvalue weighted by atomic mass is 10.0. The zero-order valence-electron chi connectivity index (χ0n) is 18.5. The maximum absolute atomic E-state index is 4.94. The van der Waals surface area contributed by atoms with E-state index in [1.54, 1.807) is 0 Å². The van der Waals surface area contributed by atoms with Crippen LogP contribution in [0.1, 0.15) is 28.3 Å². The van der Waals surface area contributed by atoms with E-state index in [0.29, 0.717) is 0 Å². The average Bonchev–Trinajstić information content (AvgIpc) is 3.59. The molecule has 160 valence electrons. The minimum Gasteiger partial charge on any atom is -0.378 e. The number of benzene rings is 1. The van der Waals surface area contributed by atoms with E-state index >= 15 is 0 Å². The summed E-state index contributed by atoms with van der Waals surface area (Å²) in [6.07, 6.45) is 6.21. The molecule has 8 bridgehead atoms. The predicted molar refractivity (Wildman–Crippen MR) is 138 cm³/mol. The van der Waals surface area contributed by atoms with Gasteiger partial charge in [0, 0.05) is 47.4 Å². The van der Waals surface area contributed by atoms with Crippen LogP contribution >= 0.6 is 0 Å². The molecular formula is C28H23N5. The van der Waals surface area contributed by atoms with E-state index in [1.807, 2.05) is 26.2 Å². The molecule has 6 rings (SSSR count). The maximum atomic E-state index is 4.94. The zero-order valence-corrected chi connectivity index (χ0v) is 18.5. The molecule has 33 heavy (non-hydrogen) atoms. The first-order valence-electron chi connectivity index (χ1n) is 11.0. The van der Waals surface area contributed by atoms with Crippen LogP contribution in [0, 0.1) is 0 Å². The van der Waals surface area contributed by atoms with Crippen molar-refractivity contribution >= 4 is 51.6 Å². The number of fused-ring (bicyclic) bond motifs is 8. The molecule has 5 heteroatoms. The molecule has 2 aliphatic heterocycles. The third kappa shape index (κ3) is 3.85. The van der Waals surface area contributed by atoms with E-state index in [4.69, 9.17) is 9.97 Å². The smallest absolute Gasteiger partial charge is 0.0737 e. The Bertz CT molecular complexity index is 1580. The Balaban J connectivity index is 1.58. The number of nitrogens with zero attached hydrogens (tertiary/aromatic N) is 3. The van der Waals surface area contributed by atoms with Crippen LogP contribution in [-0.4, -0.2) is 34.0 Å². The van der Waals surface area contributed by atoms with Crippen molar-refractivity contribution in [2.24, 2.45) is 0 Å². The molecule has 3 aromatic heterocycles. The van der Waals surface area contributed by atoms with Crippen molar-refractivity contribution < 1.29 is 0 Å². The fourth-order valence-electron chi connectivity index (χ4n) is 4.19. The van der Waals surface area contributed by atoms with E-state index in [0.717, 1.165) is 56.0 Å². The first kappa shape index (κ1) is 19.3. The van der Waals surface area contributed by atoms with Gasteiger partial charge in [0.15, 0.2) is 0 Å². The Morgan fingerprint density at radius 3 is 1.82 bits per heavy atom. The molecule has 0 aliphatic carbocycles. The summed E-state index contributed by atoms with van der Waals surface area (Å²) in [7, 11) is 4.10. The quantitative estimate of drug-likeness (QED) is 0.348. The molecule has 0 atom stereocenters. The summed E-state index contributed by atoms with van der Waals surface area (Å²) in [4.78, 5) is 18.7. The van der Waals surface area contributed by atoms with Crippen molar-refractivity contribution in [3.8, 4) is 0 Å². The normalized spacial score (nSPS) is 12.6. The second-order valence-corrected chi connectivity index (χ2v) is 8.53. The molecule has 5 heterocycles. The summed E-state index contributed by atoms with van der Waals surface area (Å²) < 4.78 is 0. The largest absolute Gasteiger partial charge is 0.378 e. The Kier molecular flexibility index (Phi) is 4.47. The lowest BCUT2D eigenvalue weighted by Gasteiger charge is -2.12. The standard InChI is InChI=1S/C28H23N5/c1-33(2)26-11-3-18(4-12-26)27-16-25-15-23-8-7-21(30-23)13-19-5-6-20(29-19)14-22-9-10-24(31-22)17-28(27)32-25/h3-17,29-30H,1-2H3. The fraction of sp³-hybridized carbons (Fsp3) is 0.0714. The third-order valence-electron chi connectivity index (χ3n) is 5.86. The highest BCUT2D eigenvalue weighted by Crippen LogP contribution is 2.30. The first-order chi connectivity index (χ1) is 16.1. The number of hydrogen-bond donors (Lipinski definition) is 2. The van der Waals surface area contributed by atoms with Crippen LogP contribution in [0.5, 0.6) is 0 Å². The number of aromatic nitrogens is 4. The van der Waals surface area contributed by atoms with Crippen molar-refractivity contribution in [2.45, 2.75) is 0 Å². The van der Waals surface area contributed by atoms with Gasteiger partial charge in [-0.1, -0.05) is 12.1 Å². The van der Waals surface area contributed by atoms with Gasteiger partial charge in [0.1, 0.15) is 0 Å². The van der Waals surface area contributed by atoms with E-state index in [9.17, 15) is 0 Å². The van der Waals surface area contributed by atoms with Crippen LogP contribution in [-0.2, 0) is 0 Å². The second-order valence-electron chi connectivity index (χ2n) is 8.53. The van der Waals surface area contributed by atoms with Gasteiger partial charge in [-0.2, -0.15) is 0 Å². The predicted octanol–water partition coefficient (Wildman–Crippen LogP) is 6.14. The number of hydrogen-bond acceptors (Lipinski definition) is 3. The van der Waals surface area contributed by atoms with E-state index < -0.39 is 0 Å². The van der Waals surface area contributed by atoms with Crippen molar-refractivity contribution in [3.63, 3.8) is 0 Å². The first-order valence-corrected chi connectivity index (χ1v) is 11.0. The van der Waals surface area contributed by atoms with Gasteiger partial charge in [0.25, 0.3) is 0 Å². The van der Waals surface area contributed by atoms with Gasteiger partial charge in [0.2, 0.25) is 0 Å². The van der Waals surface area contributed by atoms with Crippen molar-refractivity contribution in [1.82, 2.24) is 19.9 Å². The average molecular weight is 430 g/mol. The van der Waals surface area contributed by atoms with E-state index in [-0.39, 0.29) is 0 Å². The van der Waals surface area contributed by atoms with Crippen LogP contribution in [0.2, 0.25) is 0 Å². The number of rotatable bonds is 2. The SMILES string of the molecule is CN(C)c1ccc(C2=Cc3cc4ccc(cc5ccc(cc6nc(cc2n3)C=C6)[nH]5)[nH]4)cc1. The number of nitrogens with one attached hydrogen (secondary N) is 2. The number of aromatic amines is 2. The molecular weight excluding hydrogens is 406 g/mol. The molecule has 1 aromatic carbocycles. The van der Waals surface area contributed by atoms with Crippen molar-refractivity contribution in [2.75, 3.05) is 19.0 Å². The molecule has 0 fully saturated rings. The lowest BCUT2D eigenvalue weighted by Crippen LogP contribution is -2.08. The minimum atomic E-state index is 0.893. The van der Waals surface area contributed by atoms with Crippen LogP contribution < -0.4 is 4.90 Å². The van der Waals surface area contributed by atoms with Gasteiger partial charge < -0.3 is 14.9 Å². The van der Waals surface area contributed by atoms with Crippen LogP contribution in [0.25, 0.3) is 45.9 Å². The Morgan fingerprint density at radius 1 is 0.606 bits per heavy atom. The molecule has 0 saturated heterocycles. The van der Waals surface area contributed by atoms with Gasteiger partial charge >= 0.3 is 0 Å². The summed E-state index contributed by atoms with van der Waals surface area (Å²) >= 11 is 0. The lowest BCUT2D eigenvalue weighted by molar-refractivity contribution is 1.13. The molecule has 2 N–H and O–H groups in total. The summed E-state index contributed by atoms with van der Waals surface area (Å²) in [5, 5.41) is 0.